The van der Waals surface area contributed by atoms with Crippen molar-refractivity contribution in [2.45, 2.75) is 59.0 Å². The molecule has 0 atom stereocenters. The highest BCUT2D eigenvalue weighted by Crippen LogP contribution is 2.33. The van der Waals surface area contributed by atoms with Crippen molar-refractivity contribution >= 4 is 0 Å². The standard InChI is InChI=1S/C14H27N3O/c1-7-17-13(12(18-6)10-16-17)14(4,5)8-9-15-11(2)3/h10-11,15H,7-9H2,1-6H3. The molecular weight excluding hydrogens is 226 g/mol. The monoisotopic (exact) mass is 253 g/mol. The lowest BCUT2D eigenvalue weighted by Crippen LogP contribution is -2.31. The Hall–Kier alpha value is -1.03. The third-order valence-electron chi connectivity index (χ3n) is 3.27. The lowest BCUT2D eigenvalue weighted by molar-refractivity contribution is 0.363. The van der Waals surface area contributed by atoms with Gasteiger partial charge in [0.25, 0.3) is 0 Å². The van der Waals surface area contributed by atoms with Crippen molar-refractivity contribution in [3.63, 3.8) is 0 Å². The first-order chi connectivity index (χ1) is 8.42. The summed E-state index contributed by atoms with van der Waals surface area (Å²) >= 11 is 0. The van der Waals surface area contributed by atoms with Crippen LogP contribution in [0.25, 0.3) is 0 Å². The van der Waals surface area contributed by atoms with Gasteiger partial charge in [-0.25, -0.2) is 0 Å². The molecule has 0 aliphatic rings. The summed E-state index contributed by atoms with van der Waals surface area (Å²) in [6, 6.07) is 0.527. The summed E-state index contributed by atoms with van der Waals surface area (Å²) in [6.07, 6.45) is 2.88. The topological polar surface area (TPSA) is 39.1 Å². The normalized spacial score (nSPS) is 12.2. The van der Waals surface area contributed by atoms with Crippen LogP contribution in [0.4, 0.5) is 0 Å². The van der Waals surface area contributed by atoms with Gasteiger partial charge in [-0.2, -0.15) is 5.10 Å². The maximum Gasteiger partial charge on any atom is 0.160 e. The van der Waals surface area contributed by atoms with E-state index in [2.05, 4.69) is 45.0 Å². The minimum atomic E-state index is 0.0553. The quantitative estimate of drug-likeness (QED) is 0.812. The Balaban J connectivity index is 2.85. The summed E-state index contributed by atoms with van der Waals surface area (Å²) in [5.74, 6) is 0.895. The molecule has 1 rings (SSSR count). The molecule has 0 spiro atoms. The molecule has 1 heterocycles. The Morgan fingerprint density at radius 3 is 2.61 bits per heavy atom. The van der Waals surface area contributed by atoms with Gasteiger partial charge in [-0.3, -0.25) is 4.68 Å². The molecule has 104 valence electrons. The minimum absolute atomic E-state index is 0.0553. The Morgan fingerprint density at radius 2 is 2.11 bits per heavy atom. The first kappa shape index (κ1) is 15.0. The zero-order valence-electron chi connectivity index (χ0n) is 12.6. The Kier molecular flexibility index (Phi) is 5.20. The van der Waals surface area contributed by atoms with E-state index in [9.17, 15) is 0 Å². The van der Waals surface area contributed by atoms with Crippen LogP contribution in [0, 0.1) is 0 Å². The molecule has 0 amide bonds. The summed E-state index contributed by atoms with van der Waals surface area (Å²) in [5, 5.41) is 7.85. The molecule has 0 fully saturated rings. The van der Waals surface area contributed by atoms with E-state index in [1.54, 1.807) is 7.11 Å². The number of aryl methyl sites for hydroxylation is 1. The molecule has 0 aliphatic carbocycles. The lowest BCUT2D eigenvalue weighted by atomic mass is 9.85. The molecule has 1 N–H and O–H groups in total. The number of nitrogens with one attached hydrogen (secondary N) is 1. The number of aromatic nitrogens is 2. The highest BCUT2D eigenvalue weighted by Gasteiger charge is 2.28. The second-order valence-electron chi connectivity index (χ2n) is 5.62. The van der Waals surface area contributed by atoms with Crippen molar-refractivity contribution in [3.05, 3.63) is 11.9 Å². The van der Waals surface area contributed by atoms with Crippen molar-refractivity contribution in [1.29, 1.82) is 0 Å². The van der Waals surface area contributed by atoms with Crippen molar-refractivity contribution < 1.29 is 4.74 Å². The van der Waals surface area contributed by atoms with E-state index >= 15 is 0 Å². The molecule has 4 heteroatoms. The van der Waals surface area contributed by atoms with Crippen molar-refractivity contribution in [2.75, 3.05) is 13.7 Å². The van der Waals surface area contributed by atoms with Crippen molar-refractivity contribution in [3.8, 4) is 5.75 Å². The summed E-state index contributed by atoms with van der Waals surface area (Å²) in [4.78, 5) is 0. The van der Waals surface area contributed by atoms with Gasteiger partial charge in [0.2, 0.25) is 0 Å². The molecule has 0 aromatic carbocycles. The Morgan fingerprint density at radius 1 is 1.44 bits per heavy atom. The predicted molar refractivity (Wildman–Crippen MR) is 75.2 cm³/mol. The molecule has 0 saturated heterocycles. The van der Waals surface area contributed by atoms with Gasteiger partial charge in [-0.15, -0.1) is 0 Å². The van der Waals surface area contributed by atoms with E-state index in [4.69, 9.17) is 4.74 Å². The fourth-order valence-electron chi connectivity index (χ4n) is 2.23. The number of methoxy groups -OCH3 is 1. The summed E-state index contributed by atoms with van der Waals surface area (Å²) in [7, 11) is 1.71. The smallest absolute Gasteiger partial charge is 0.160 e. The third kappa shape index (κ3) is 3.48. The maximum atomic E-state index is 5.44. The average Bonchev–Trinajstić information content (AvgIpc) is 2.71. The molecular formula is C14H27N3O. The van der Waals surface area contributed by atoms with E-state index in [1.165, 1.54) is 5.69 Å². The van der Waals surface area contributed by atoms with E-state index in [0.29, 0.717) is 6.04 Å². The number of nitrogens with zero attached hydrogens (tertiary/aromatic N) is 2. The van der Waals surface area contributed by atoms with Crippen LogP contribution < -0.4 is 10.1 Å². The van der Waals surface area contributed by atoms with Gasteiger partial charge in [0.1, 0.15) is 0 Å². The fourth-order valence-corrected chi connectivity index (χ4v) is 2.23. The number of ether oxygens (including phenoxy) is 1. The SMILES string of the molecule is CCn1ncc(OC)c1C(C)(C)CCNC(C)C. The Labute approximate surface area is 111 Å². The van der Waals surface area contributed by atoms with Crippen LogP contribution >= 0.6 is 0 Å². The zero-order chi connectivity index (χ0) is 13.8. The number of rotatable bonds is 7. The molecule has 0 bridgehead atoms. The van der Waals surface area contributed by atoms with E-state index < -0.39 is 0 Å². The first-order valence-electron chi connectivity index (χ1n) is 6.76. The number of hydrogen-bond acceptors (Lipinski definition) is 3. The van der Waals surface area contributed by atoms with Gasteiger partial charge < -0.3 is 10.1 Å². The fraction of sp³-hybridized carbons (Fsp3) is 0.786. The lowest BCUT2D eigenvalue weighted by Gasteiger charge is -2.27. The number of hydrogen-bond donors (Lipinski definition) is 1. The Bertz CT molecular complexity index is 348. The van der Waals surface area contributed by atoms with Crippen molar-refractivity contribution in [1.82, 2.24) is 15.1 Å². The zero-order valence-corrected chi connectivity index (χ0v) is 12.6. The molecule has 0 unspecified atom stereocenters. The minimum Gasteiger partial charge on any atom is -0.493 e. The van der Waals surface area contributed by atoms with Gasteiger partial charge in [-0.05, 0) is 19.9 Å². The van der Waals surface area contributed by atoms with E-state index in [0.717, 1.165) is 25.3 Å². The molecule has 4 nitrogen and oxygen atoms in total. The third-order valence-corrected chi connectivity index (χ3v) is 3.27. The summed E-state index contributed by atoms with van der Waals surface area (Å²) in [5.41, 5.74) is 1.25. The first-order valence-corrected chi connectivity index (χ1v) is 6.76. The van der Waals surface area contributed by atoms with Gasteiger partial charge >= 0.3 is 0 Å². The van der Waals surface area contributed by atoms with Crippen LogP contribution in [-0.2, 0) is 12.0 Å². The van der Waals surface area contributed by atoms with Gasteiger partial charge in [0, 0.05) is 18.0 Å². The predicted octanol–water partition coefficient (Wildman–Crippen LogP) is 2.58. The second kappa shape index (κ2) is 6.23. The average molecular weight is 253 g/mol. The second-order valence-corrected chi connectivity index (χ2v) is 5.62. The van der Waals surface area contributed by atoms with Crippen LogP contribution in [-0.4, -0.2) is 29.5 Å². The largest absolute Gasteiger partial charge is 0.493 e. The van der Waals surface area contributed by atoms with Gasteiger partial charge in [-0.1, -0.05) is 27.7 Å². The van der Waals surface area contributed by atoms with E-state index in [-0.39, 0.29) is 5.41 Å². The molecule has 1 aromatic rings. The molecule has 0 radical (unpaired) electrons. The maximum absolute atomic E-state index is 5.44. The molecule has 18 heavy (non-hydrogen) atoms. The summed E-state index contributed by atoms with van der Waals surface area (Å²) in [6.45, 7) is 12.8. The van der Waals surface area contributed by atoms with Gasteiger partial charge in [0.05, 0.1) is 19.0 Å². The highest BCUT2D eigenvalue weighted by atomic mass is 16.5. The van der Waals surface area contributed by atoms with Crippen LogP contribution in [0.3, 0.4) is 0 Å². The highest BCUT2D eigenvalue weighted by molar-refractivity contribution is 5.31. The van der Waals surface area contributed by atoms with Crippen LogP contribution in [0.15, 0.2) is 6.20 Å². The molecule has 0 aliphatic heterocycles. The van der Waals surface area contributed by atoms with Crippen LogP contribution in [0.2, 0.25) is 0 Å². The van der Waals surface area contributed by atoms with Crippen LogP contribution in [0.5, 0.6) is 5.75 Å². The van der Waals surface area contributed by atoms with Crippen LogP contribution in [0.1, 0.15) is 46.7 Å². The van der Waals surface area contributed by atoms with E-state index in [1.807, 2.05) is 10.9 Å². The molecule has 0 saturated carbocycles. The van der Waals surface area contributed by atoms with Crippen molar-refractivity contribution in [2.24, 2.45) is 0 Å². The molecule has 1 aromatic heterocycles. The van der Waals surface area contributed by atoms with Gasteiger partial charge in [0.15, 0.2) is 5.75 Å². The summed E-state index contributed by atoms with van der Waals surface area (Å²) < 4.78 is 7.47.